The standard InChI is InChI=1S/C19H31NO2/c1-4-10-16(11-5-2)18(6-3)22-19(21)17(20)14-15-12-8-7-9-13-15/h7-9,12-13,16-18H,4-6,10-11,14,20H2,1-3H3/t17-,18-/m0/s1. The van der Waals surface area contributed by atoms with Gasteiger partial charge in [-0.05, 0) is 37.2 Å². The van der Waals surface area contributed by atoms with Gasteiger partial charge in [-0.2, -0.15) is 0 Å². The largest absolute Gasteiger partial charge is 0.461 e. The molecule has 2 N–H and O–H groups in total. The Morgan fingerprint density at radius 2 is 1.68 bits per heavy atom. The normalized spacial score (nSPS) is 13.9. The third kappa shape index (κ3) is 6.18. The predicted molar refractivity (Wildman–Crippen MR) is 91.6 cm³/mol. The van der Waals surface area contributed by atoms with Crippen molar-refractivity contribution in [3.8, 4) is 0 Å². The average Bonchev–Trinajstić information content (AvgIpc) is 2.53. The van der Waals surface area contributed by atoms with Crippen LogP contribution in [0.1, 0.15) is 58.4 Å². The van der Waals surface area contributed by atoms with Crippen molar-refractivity contribution >= 4 is 5.97 Å². The van der Waals surface area contributed by atoms with Crippen LogP contribution in [0, 0.1) is 5.92 Å². The monoisotopic (exact) mass is 305 g/mol. The van der Waals surface area contributed by atoms with Gasteiger partial charge in [0.05, 0.1) is 0 Å². The molecule has 0 aromatic heterocycles. The van der Waals surface area contributed by atoms with Gasteiger partial charge in [-0.25, -0.2) is 0 Å². The molecule has 1 aromatic rings. The Balaban J connectivity index is 2.59. The zero-order chi connectivity index (χ0) is 16.4. The highest BCUT2D eigenvalue weighted by atomic mass is 16.5. The third-order valence-corrected chi connectivity index (χ3v) is 4.12. The maximum atomic E-state index is 12.3. The Morgan fingerprint density at radius 1 is 1.09 bits per heavy atom. The van der Waals surface area contributed by atoms with Crippen LogP contribution in [0.3, 0.4) is 0 Å². The maximum Gasteiger partial charge on any atom is 0.323 e. The van der Waals surface area contributed by atoms with Gasteiger partial charge < -0.3 is 10.5 Å². The number of nitrogens with two attached hydrogens (primary N) is 1. The van der Waals surface area contributed by atoms with E-state index in [-0.39, 0.29) is 12.1 Å². The molecule has 1 rings (SSSR count). The summed E-state index contributed by atoms with van der Waals surface area (Å²) in [5, 5.41) is 0. The quantitative estimate of drug-likeness (QED) is 0.662. The van der Waals surface area contributed by atoms with Gasteiger partial charge in [-0.1, -0.05) is 63.9 Å². The fourth-order valence-electron chi connectivity index (χ4n) is 2.96. The van der Waals surface area contributed by atoms with Crippen LogP contribution in [-0.2, 0) is 16.0 Å². The molecule has 0 amide bonds. The van der Waals surface area contributed by atoms with E-state index < -0.39 is 6.04 Å². The lowest BCUT2D eigenvalue weighted by Crippen LogP contribution is -2.38. The topological polar surface area (TPSA) is 52.3 Å². The van der Waals surface area contributed by atoms with Gasteiger partial charge in [0.15, 0.2) is 0 Å². The van der Waals surface area contributed by atoms with E-state index in [4.69, 9.17) is 10.5 Å². The van der Waals surface area contributed by atoms with E-state index >= 15 is 0 Å². The third-order valence-electron chi connectivity index (χ3n) is 4.12. The number of carbonyl (C=O) groups is 1. The highest BCUT2D eigenvalue weighted by Gasteiger charge is 2.25. The Bertz CT molecular complexity index is 413. The smallest absolute Gasteiger partial charge is 0.323 e. The van der Waals surface area contributed by atoms with Gasteiger partial charge in [0.2, 0.25) is 0 Å². The van der Waals surface area contributed by atoms with Crippen LogP contribution < -0.4 is 5.73 Å². The van der Waals surface area contributed by atoms with E-state index in [2.05, 4.69) is 20.8 Å². The summed E-state index contributed by atoms with van der Waals surface area (Å²) in [6.45, 7) is 6.44. The van der Waals surface area contributed by atoms with Crippen LogP contribution in [0.4, 0.5) is 0 Å². The fraction of sp³-hybridized carbons (Fsp3) is 0.632. The SMILES string of the molecule is CCCC(CCC)[C@H](CC)OC(=O)[C@@H](N)Cc1ccccc1. The molecule has 0 saturated carbocycles. The number of hydrogen-bond donors (Lipinski definition) is 1. The second kappa shape index (κ2) is 10.4. The van der Waals surface area contributed by atoms with Crippen molar-refractivity contribution in [3.05, 3.63) is 35.9 Å². The molecular weight excluding hydrogens is 274 g/mol. The van der Waals surface area contributed by atoms with Crippen molar-refractivity contribution in [2.24, 2.45) is 11.7 Å². The molecule has 0 fully saturated rings. The Kier molecular flexibility index (Phi) is 8.83. The van der Waals surface area contributed by atoms with Gasteiger partial charge in [-0.3, -0.25) is 4.79 Å². The number of hydrogen-bond acceptors (Lipinski definition) is 3. The van der Waals surface area contributed by atoms with Gasteiger partial charge in [-0.15, -0.1) is 0 Å². The van der Waals surface area contributed by atoms with E-state index in [1.54, 1.807) is 0 Å². The molecular formula is C19H31NO2. The first-order valence-corrected chi connectivity index (χ1v) is 8.62. The molecule has 2 atom stereocenters. The first-order chi connectivity index (χ1) is 10.6. The molecule has 3 heteroatoms. The second-order valence-electron chi connectivity index (χ2n) is 6.02. The first-order valence-electron chi connectivity index (χ1n) is 8.62. The lowest BCUT2D eigenvalue weighted by atomic mass is 9.91. The molecule has 0 spiro atoms. The first kappa shape index (κ1) is 18.7. The molecule has 0 aliphatic heterocycles. The Morgan fingerprint density at radius 3 is 2.18 bits per heavy atom. The van der Waals surface area contributed by atoms with Crippen molar-refractivity contribution in [1.29, 1.82) is 0 Å². The lowest BCUT2D eigenvalue weighted by Gasteiger charge is -2.27. The number of rotatable bonds is 10. The number of benzene rings is 1. The van der Waals surface area contributed by atoms with Crippen LogP contribution in [0.25, 0.3) is 0 Å². The zero-order valence-corrected chi connectivity index (χ0v) is 14.3. The summed E-state index contributed by atoms with van der Waals surface area (Å²) in [5.41, 5.74) is 7.09. The minimum absolute atomic E-state index is 0.00535. The highest BCUT2D eigenvalue weighted by molar-refractivity contribution is 5.76. The van der Waals surface area contributed by atoms with Gasteiger partial charge >= 0.3 is 5.97 Å². The summed E-state index contributed by atoms with van der Waals surface area (Å²) < 4.78 is 5.74. The summed E-state index contributed by atoms with van der Waals surface area (Å²) in [6, 6.07) is 9.27. The van der Waals surface area contributed by atoms with E-state index in [9.17, 15) is 4.79 Å². The lowest BCUT2D eigenvalue weighted by molar-refractivity contribution is -0.154. The van der Waals surface area contributed by atoms with Crippen molar-refractivity contribution in [2.75, 3.05) is 0 Å². The molecule has 0 saturated heterocycles. The van der Waals surface area contributed by atoms with Gasteiger partial charge in [0.25, 0.3) is 0 Å². The molecule has 0 aliphatic carbocycles. The van der Waals surface area contributed by atoms with E-state index in [0.29, 0.717) is 12.3 Å². The molecule has 124 valence electrons. The molecule has 3 nitrogen and oxygen atoms in total. The maximum absolute atomic E-state index is 12.3. The Hall–Kier alpha value is -1.35. The molecule has 0 aliphatic rings. The predicted octanol–water partition coefficient (Wildman–Crippen LogP) is 4.09. The van der Waals surface area contributed by atoms with Crippen LogP contribution in [0.2, 0.25) is 0 Å². The zero-order valence-electron chi connectivity index (χ0n) is 14.3. The molecule has 22 heavy (non-hydrogen) atoms. The summed E-state index contributed by atoms with van der Waals surface area (Å²) in [5.74, 6) is 0.181. The second-order valence-corrected chi connectivity index (χ2v) is 6.02. The van der Waals surface area contributed by atoms with Crippen molar-refractivity contribution < 1.29 is 9.53 Å². The number of ether oxygens (including phenoxy) is 1. The van der Waals surface area contributed by atoms with E-state index in [1.165, 1.54) is 0 Å². The summed E-state index contributed by atoms with van der Waals surface area (Å²) in [4.78, 5) is 12.3. The van der Waals surface area contributed by atoms with Crippen LogP contribution >= 0.6 is 0 Å². The summed E-state index contributed by atoms with van der Waals surface area (Å²) in [7, 11) is 0. The van der Waals surface area contributed by atoms with Crippen molar-refractivity contribution in [1.82, 2.24) is 0 Å². The number of esters is 1. The summed E-state index contributed by atoms with van der Waals surface area (Å²) >= 11 is 0. The Labute approximate surface area is 135 Å². The average molecular weight is 305 g/mol. The minimum atomic E-state index is -0.583. The van der Waals surface area contributed by atoms with Crippen LogP contribution in [0.5, 0.6) is 0 Å². The van der Waals surface area contributed by atoms with Crippen LogP contribution in [0.15, 0.2) is 30.3 Å². The van der Waals surface area contributed by atoms with E-state index in [1.807, 2.05) is 30.3 Å². The van der Waals surface area contributed by atoms with Crippen molar-refractivity contribution in [3.63, 3.8) is 0 Å². The molecule has 0 unspecified atom stereocenters. The molecule has 0 radical (unpaired) electrons. The molecule has 1 aromatic carbocycles. The summed E-state index contributed by atoms with van der Waals surface area (Å²) in [6.07, 6.45) is 5.83. The number of carbonyl (C=O) groups excluding carboxylic acids is 1. The van der Waals surface area contributed by atoms with Gasteiger partial charge in [0, 0.05) is 0 Å². The van der Waals surface area contributed by atoms with Gasteiger partial charge in [0.1, 0.15) is 12.1 Å². The fourth-order valence-corrected chi connectivity index (χ4v) is 2.96. The highest BCUT2D eigenvalue weighted by Crippen LogP contribution is 2.23. The van der Waals surface area contributed by atoms with Crippen molar-refractivity contribution in [2.45, 2.75) is 71.4 Å². The van der Waals surface area contributed by atoms with E-state index in [0.717, 1.165) is 37.7 Å². The molecule has 0 heterocycles. The minimum Gasteiger partial charge on any atom is -0.461 e. The molecule has 0 bridgehead atoms. The van der Waals surface area contributed by atoms with Crippen LogP contribution in [-0.4, -0.2) is 18.1 Å².